The Kier molecular flexibility index (Phi) is 3.77. The fraction of sp³-hybridized carbons (Fsp3) is 0.923. The summed E-state index contributed by atoms with van der Waals surface area (Å²) in [5.74, 6) is 0.884. The molecule has 3 rings (SSSR count). The molecule has 6 nitrogen and oxygen atoms in total. The zero-order chi connectivity index (χ0) is 14.3. The molecule has 0 aromatic carbocycles. The van der Waals surface area contributed by atoms with Crippen molar-refractivity contribution in [2.75, 3.05) is 38.5 Å². The molecule has 0 aromatic rings. The number of nitrogens with zero attached hydrogens (tertiary/aromatic N) is 2. The fourth-order valence-corrected chi connectivity index (χ4v) is 4.68. The van der Waals surface area contributed by atoms with Crippen molar-refractivity contribution < 1.29 is 17.9 Å². The Hall–Kier alpha value is -0.660. The maximum absolute atomic E-state index is 11.9. The Morgan fingerprint density at radius 3 is 2.80 bits per heavy atom. The van der Waals surface area contributed by atoms with Gasteiger partial charge in [-0.2, -0.15) is 4.31 Å². The third-order valence-electron chi connectivity index (χ3n) is 4.79. The van der Waals surface area contributed by atoms with Gasteiger partial charge in [0.25, 0.3) is 0 Å². The summed E-state index contributed by atoms with van der Waals surface area (Å²) in [7, 11) is -3.13. The number of ether oxygens (including phenoxy) is 1. The molecule has 0 aromatic heterocycles. The Bertz CT molecular complexity index is 493. The molecule has 0 N–H and O–H groups in total. The molecule has 0 saturated carbocycles. The third kappa shape index (κ3) is 2.46. The van der Waals surface area contributed by atoms with Gasteiger partial charge in [0.15, 0.2) is 0 Å². The Balaban J connectivity index is 1.64. The van der Waals surface area contributed by atoms with Gasteiger partial charge in [0.2, 0.25) is 15.9 Å². The SMILES string of the molecule is CCS(=O)(=O)N1C[C@H]2[C@H](CN3CCCC3=O)CO[C@H]2C1. The van der Waals surface area contributed by atoms with Gasteiger partial charge >= 0.3 is 0 Å². The minimum atomic E-state index is -3.13. The van der Waals surface area contributed by atoms with Crippen LogP contribution in [0.2, 0.25) is 0 Å². The number of sulfonamides is 1. The zero-order valence-electron chi connectivity index (χ0n) is 11.8. The molecular formula is C13H22N2O4S. The van der Waals surface area contributed by atoms with E-state index in [1.807, 2.05) is 4.90 Å². The second kappa shape index (κ2) is 5.27. The second-order valence-corrected chi connectivity index (χ2v) is 8.21. The maximum Gasteiger partial charge on any atom is 0.222 e. The van der Waals surface area contributed by atoms with Crippen molar-refractivity contribution in [1.29, 1.82) is 0 Å². The van der Waals surface area contributed by atoms with Crippen molar-refractivity contribution in [3.05, 3.63) is 0 Å². The first kappa shape index (κ1) is 14.3. The van der Waals surface area contributed by atoms with Crippen LogP contribution in [-0.4, -0.2) is 68.2 Å². The van der Waals surface area contributed by atoms with E-state index < -0.39 is 10.0 Å². The van der Waals surface area contributed by atoms with Gasteiger partial charge in [-0.05, 0) is 13.3 Å². The number of likely N-dealkylation sites (tertiary alicyclic amines) is 1. The summed E-state index contributed by atoms with van der Waals surface area (Å²) in [6, 6.07) is 0. The van der Waals surface area contributed by atoms with Crippen LogP contribution in [-0.2, 0) is 19.6 Å². The summed E-state index contributed by atoms with van der Waals surface area (Å²) in [4.78, 5) is 13.6. The van der Waals surface area contributed by atoms with Crippen molar-refractivity contribution in [3.63, 3.8) is 0 Å². The molecule has 7 heteroatoms. The van der Waals surface area contributed by atoms with Crippen LogP contribution in [0.3, 0.4) is 0 Å². The smallest absolute Gasteiger partial charge is 0.222 e. The molecule has 3 saturated heterocycles. The lowest BCUT2D eigenvalue weighted by Gasteiger charge is -2.24. The van der Waals surface area contributed by atoms with Gasteiger partial charge in [0, 0.05) is 44.4 Å². The predicted molar refractivity (Wildman–Crippen MR) is 73.6 cm³/mol. The maximum atomic E-state index is 11.9. The van der Waals surface area contributed by atoms with Crippen molar-refractivity contribution in [2.45, 2.75) is 25.9 Å². The molecule has 0 radical (unpaired) electrons. The van der Waals surface area contributed by atoms with E-state index >= 15 is 0 Å². The molecule has 0 bridgehead atoms. The summed E-state index contributed by atoms with van der Waals surface area (Å²) < 4.78 is 31.2. The highest BCUT2D eigenvalue weighted by Gasteiger charge is 2.47. The van der Waals surface area contributed by atoms with E-state index in [2.05, 4.69) is 0 Å². The van der Waals surface area contributed by atoms with Crippen LogP contribution >= 0.6 is 0 Å². The summed E-state index contributed by atoms with van der Waals surface area (Å²) in [5, 5.41) is 0. The lowest BCUT2D eigenvalue weighted by Crippen LogP contribution is -2.36. The zero-order valence-corrected chi connectivity index (χ0v) is 12.6. The third-order valence-corrected chi connectivity index (χ3v) is 6.60. The van der Waals surface area contributed by atoms with E-state index in [-0.39, 0.29) is 29.6 Å². The number of hydrogen-bond donors (Lipinski definition) is 0. The number of hydrogen-bond acceptors (Lipinski definition) is 4. The minimum Gasteiger partial charge on any atom is -0.376 e. The number of carbonyl (C=O) groups excluding carboxylic acids is 1. The average Bonchev–Trinajstić information content (AvgIpc) is 3.08. The molecule has 0 aliphatic carbocycles. The number of amides is 1. The van der Waals surface area contributed by atoms with E-state index in [0.717, 1.165) is 19.5 Å². The Morgan fingerprint density at radius 1 is 1.35 bits per heavy atom. The Labute approximate surface area is 120 Å². The molecule has 114 valence electrons. The lowest BCUT2D eigenvalue weighted by atomic mass is 9.93. The van der Waals surface area contributed by atoms with Gasteiger partial charge < -0.3 is 9.64 Å². The standard InChI is InChI=1S/C13H22N2O4S/c1-2-20(17,18)15-7-11-10(9-19-12(11)8-15)6-14-5-3-4-13(14)16/h10-12H,2-9H2,1H3/t10-,11+,12+/m1/s1. The molecule has 20 heavy (non-hydrogen) atoms. The first-order valence-electron chi connectivity index (χ1n) is 7.38. The topological polar surface area (TPSA) is 66.9 Å². The minimum absolute atomic E-state index is 0.0130. The van der Waals surface area contributed by atoms with Crippen LogP contribution in [0.15, 0.2) is 0 Å². The van der Waals surface area contributed by atoms with Gasteiger partial charge in [-0.3, -0.25) is 4.79 Å². The van der Waals surface area contributed by atoms with Crippen LogP contribution in [0.25, 0.3) is 0 Å². The monoisotopic (exact) mass is 302 g/mol. The van der Waals surface area contributed by atoms with E-state index in [1.54, 1.807) is 11.2 Å². The highest BCUT2D eigenvalue weighted by Crippen LogP contribution is 2.35. The van der Waals surface area contributed by atoms with E-state index in [1.165, 1.54) is 0 Å². The lowest BCUT2D eigenvalue weighted by molar-refractivity contribution is -0.128. The fourth-order valence-electron chi connectivity index (χ4n) is 3.54. The summed E-state index contributed by atoms with van der Waals surface area (Å²) in [6.45, 7) is 4.91. The van der Waals surface area contributed by atoms with E-state index in [0.29, 0.717) is 26.1 Å². The van der Waals surface area contributed by atoms with E-state index in [4.69, 9.17) is 4.74 Å². The van der Waals surface area contributed by atoms with Gasteiger partial charge in [0.1, 0.15) is 0 Å². The first-order chi connectivity index (χ1) is 9.51. The number of carbonyl (C=O) groups is 1. The molecule has 3 aliphatic heterocycles. The first-order valence-corrected chi connectivity index (χ1v) is 8.99. The van der Waals surface area contributed by atoms with Crippen LogP contribution < -0.4 is 0 Å². The highest BCUT2D eigenvalue weighted by atomic mass is 32.2. The molecule has 3 aliphatic rings. The summed E-state index contributed by atoms with van der Waals surface area (Å²) in [6.07, 6.45) is 1.61. The molecule has 3 atom stereocenters. The number of fused-ring (bicyclic) bond motifs is 1. The van der Waals surface area contributed by atoms with Crippen LogP contribution in [0.1, 0.15) is 19.8 Å². The number of rotatable bonds is 4. The molecule has 0 spiro atoms. The molecule has 3 fully saturated rings. The predicted octanol–water partition coefficient (Wildman–Crippen LogP) is -0.0947. The average molecular weight is 302 g/mol. The van der Waals surface area contributed by atoms with Gasteiger partial charge in [-0.15, -0.1) is 0 Å². The van der Waals surface area contributed by atoms with Crippen molar-refractivity contribution >= 4 is 15.9 Å². The largest absolute Gasteiger partial charge is 0.376 e. The van der Waals surface area contributed by atoms with Crippen LogP contribution in [0.4, 0.5) is 0 Å². The van der Waals surface area contributed by atoms with Crippen LogP contribution in [0, 0.1) is 11.8 Å². The normalized spacial score (nSPS) is 35.0. The summed E-state index contributed by atoms with van der Waals surface area (Å²) in [5.41, 5.74) is 0. The van der Waals surface area contributed by atoms with Gasteiger partial charge in [-0.1, -0.05) is 0 Å². The quantitative estimate of drug-likeness (QED) is 0.728. The highest BCUT2D eigenvalue weighted by molar-refractivity contribution is 7.89. The molecular weight excluding hydrogens is 280 g/mol. The molecule has 0 unspecified atom stereocenters. The van der Waals surface area contributed by atoms with Crippen molar-refractivity contribution in [2.24, 2.45) is 11.8 Å². The van der Waals surface area contributed by atoms with Gasteiger partial charge in [-0.25, -0.2) is 8.42 Å². The second-order valence-electron chi connectivity index (χ2n) is 5.96. The molecule has 3 heterocycles. The van der Waals surface area contributed by atoms with Gasteiger partial charge in [0.05, 0.1) is 18.5 Å². The van der Waals surface area contributed by atoms with Crippen molar-refractivity contribution in [1.82, 2.24) is 9.21 Å². The Morgan fingerprint density at radius 2 is 2.15 bits per heavy atom. The molecule has 1 amide bonds. The van der Waals surface area contributed by atoms with Crippen molar-refractivity contribution in [3.8, 4) is 0 Å². The van der Waals surface area contributed by atoms with Crippen LogP contribution in [0.5, 0.6) is 0 Å². The van der Waals surface area contributed by atoms with E-state index in [9.17, 15) is 13.2 Å². The summed E-state index contributed by atoms with van der Waals surface area (Å²) >= 11 is 0.